The van der Waals surface area contributed by atoms with Crippen LogP contribution in [0.5, 0.6) is 0 Å². The SMILES string of the molecule is NNc1ncc(S(=O)(=O)NC2CCS(=O)(=O)C2)cc1Cl. The Bertz CT molecular complexity index is 719. The van der Waals surface area contributed by atoms with Crippen LogP contribution in [0.2, 0.25) is 5.02 Å². The van der Waals surface area contributed by atoms with Gasteiger partial charge in [0.25, 0.3) is 0 Å². The maximum atomic E-state index is 12.1. The number of nitrogens with one attached hydrogen (secondary N) is 2. The normalized spacial score (nSPS) is 21.8. The highest BCUT2D eigenvalue weighted by Gasteiger charge is 2.31. The molecule has 0 bridgehead atoms. The zero-order valence-electron chi connectivity index (χ0n) is 10.2. The van der Waals surface area contributed by atoms with E-state index >= 15 is 0 Å². The van der Waals surface area contributed by atoms with Crippen molar-refractivity contribution in [1.82, 2.24) is 9.71 Å². The van der Waals surface area contributed by atoms with Crippen LogP contribution in [-0.4, -0.2) is 39.4 Å². The molecule has 11 heteroatoms. The Morgan fingerprint density at radius 3 is 2.65 bits per heavy atom. The molecule has 20 heavy (non-hydrogen) atoms. The standard InChI is InChI=1S/C9H13ClN4O4S2/c10-8-3-7(4-12-9(8)13-11)20(17,18)14-6-1-2-19(15,16)5-6/h3-4,6,14H,1-2,5,11H2,(H,12,13). The molecule has 0 aliphatic carbocycles. The first-order chi connectivity index (χ1) is 9.23. The van der Waals surface area contributed by atoms with E-state index < -0.39 is 25.9 Å². The summed E-state index contributed by atoms with van der Waals surface area (Å²) in [7, 11) is -7.04. The minimum atomic E-state index is -3.87. The highest BCUT2D eigenvalue weighted by molar-refractivity contribution is 7.92. The van der Waals surface area contributed by atoms with Gasteiger partial charge in [-0.05, 0) is 12.5 Å². The third-order valence-electron chi connectivity index (χ3n) is 2.82. The van der Waals surface area contributed by atoms with Gasteiger partial charge in [-0.25, -0.2) is 32.4 Å². The molecule has 1 aromatic heterocycles. The molecule has 112 valence electrons. The molecular formula is C9H13ClN4O4S2. The Morgan fingerprint density at radius 2 is 2.15 bits per heavy atom. The first-order valence-corrected chi connectivity index (χ1v) is 9.27. The number of rotatable bonds is 4. The van der Waals surface area contributed by atoms with Gasteiger partial charge < -0.3 is 5.43 Å². The van der Waals surface area contributed by atoms with Crippen LogP contribution in [0.1, 0.15) is 6.42 Å². The Hall–Kier alpha value is -0.940. The molecule has 0 spiro atoms. The Morgan fingerprint density at radius 1 is 1.45 bits per heavy atom. The zero-order chi connectivity index (χ0) is 15.0. The molecule has 0 radical (unpaired) electrons. The summed E-state index contributed by atoms with van der Waals surface area (Å²) < 4.78 is 49.1. The Kier molecular flexibility index (Phi) is 4.21. The summed E-state index contributed by atoms with van der Waals surface area (Å²) >= 11 is 5.80. The van der Waals surface area contributed by atoms with E-state index in [0.29, 0.717) is 0 Å². The van der Waals surface area contributed by atoms with Gasteiger partial charge in [0.05, 0.1) is 16.5 Å². The molecule has 1 fully saturated rings. The second-order valence-electron chi connectivity index (χ2n) is 4.37. The number of sulfonamides is 1. The number of sulfone groups is 1. The number of nitrogens with zero attached hydrogens (tertiary/aromatic N) is 1. The maximum absolute atomic E-state index is 12.1. The number of hydrazine groups is 1. The molecule has 4 N–H and O–H groups in total. The fourth-order valence-corrected chi connectivity index (χ4v) is 5.15. The van der Waals surface area contributed by atoms with E-state index in [2.05, 4.69) is 15.1 Å². The number of hydrogen-bond acceptors (Lipinski definition) is 7. The first-order valence-electron chi connectivity index (χ1n) is 5.58. The number of anilines is 1. The fourth-order valence-electron chi connectivity index (χ4n) is 1.85. The van der Waals surface area contributed by atoms with Crippen molar-refractivity contribution in [2.75, 3.05) is 16.9 Å². The highest BCUT2D eigenvalue weighted by atomic mass is 35.5. The predicted octanol–water partition coefficient (Wildman–Crippen LogP) is -0.514. The van der Waals surface area contributed by atoms with E-state index in [1.807, 2.05) is 0 Å². The second kappa shape index (κ2) is 5.45. The van der Waals surface area contributed by atoms with Crippen LogP contribution >= 0.6 is 11.6 Å². The molecule has 2 rings (SSSR count). The van der Waals surface area contributed by atoms with Crippen LogP contribution in [0, 0.1) is 0 Å². The topological polar surface area (TPSA) is 131 Å². The lowest BCUT2D eigenvalue weighted by atomic mass is 10.3. The lowest BCUT2D eigenvalue weighted by Gasteiger charge is -2.12. The zero-order valence-corrected chi connectivity index (χ0v) is 12.6. The van der Waals surface area contributed by atoms with Gasteiger partial charge in [0.15, 0.2) is 15.7 Å². The third kappa shape index (κ3) is 3.38. The van der Waals surface area contributed by atoms with Gasteiger partial charge in [-0.3, -0.25) is 0 Å². The molecule has 1 unspecified atom stereocenters. The molecule has 2 heterocycles. The molecular weight excluding hydrogens is 328 g/mol. The van der Waals surface area contributed by atoms with Crippen LogP contribution in [0.3, 0.4) is 0 Å². The van der Waals surface area contributed by atoms with E-state index in [0.717, 1.165) is 6.20 Å². The summed E-state index contributed by atoms with van der Waals surface area (Å²) in [5, 5.41) is 0.0504. The maximum Gasteiger partial charge on any atom is 0.242 e. The van der Waals surface area contributed by atoms with E-state index in [1.165, 1.54) is 6.07 Å². The van der Waals surface area contributed by atoms with Crippen molar-refractivity contribution in [3.63, 3.8) is 0 Å². The molecule has 1 aromatic rings. The van der Waals surface area contributed by atoms with Crippen LogP contribution in [0.25, 0.3) is 0 Å². The van der Waals surface area contributed by atoms with Crippen LogP contribution in [-0.2, 0) is 19.9 Å². The molecule has 0 amide bonds. The number of nitrogens with two attached hydrogens (primary N) is 1. The average Bonchev–Trinajstić information content (AvgIpc) is 2.67. The van der Waals surface area contributed by atoms with Crippen molar-refractivity contribution in [1.29, 1.82) is 0 Å². The fraction of sp³-hybridized carbons (Fsp3) is 0.444. The monoisotopic (exact) mass is 340 g/mol. The van der Waals surface area contributed by atoms with Gasteiger partial charge in [-0.1, -0.05) is 11.6 Å². The number of pyridine rings is 1. The van der Waals surface area contributed by atoms with E-state index in [-0.39, 0.29) is 33.7 Å². The van der Waals surface area contributed by atoms with Crippen LogP contribution in [0.4, 0.5) is 5.82 Å². The number of hydrogen-bond donors (Lipinski definition) is 3. The van der Waals surface area contributed by atoms with Gasteiger partial charge in [0.1, 0.15) is 4.90 Å². The highest BCUT2D eigenvalue weighted by Crippen LogP contribution is 2.22. The molecule has 1 atom stereocenters. The second-order valence-corrected chi connectivity index (χ2v) is 8.72. The lowest BCUT2D eigenvalue weighted by molar-refractivity contribution is 0.562. The predicted molar refractivity (Wildman–Crippen MR) is 74.4 cm³/mol. The summed E-state index contributed by atoms with van der Waals surface area (Å²) in [6, 6.07) is 0.561. The van der Waals surface area contributed by atoms with Gasteiger partial charge >= 0.3 is 0 Å². The minimum Gasteiger partial charge on any atom is -0.307 e. The number of nitrogen functional groups attached to an aromatic ring is 1. The van der Waals surface area contributed by atoms with Gasteiger partial charge in [-0.15, -0.1) is 0 Å². The number of aromatic nitrogens is 1. The Balaban J connectivity index is 2.21. The minimum absolute atomic E-state index is 0.0186. The van der Waals surface area contributed by atoms with Gasteiger partial charge in [-0.2, -0.15) is 0 Å². The largest absolute Gasteiger partial charge is 0.307 e. The summed E-state index contributed by atoms with van der Waals surface area (Å²) in [5.74, 6) is 5.07. The van der Waals surface area contributed by atoms with Crippen molar-refractivity contribution in [2.45, 2.75) is 17.4 Å². The van der Waals surface area contributed by atoms with Gasteiger partial charge in [0.2, 0.25) is 10.0 Å². The summed E-state index contributed by atoms with van der Waals surface area (Å²) in [6.07, 6.45) is 1.35. The smallest absolute Gasteiger partial charge is 0.242 e. The molecule has 0 saturated carbocycles. The summed E-state index contributed by atoms with van der Waals surface area (Å²) in [5.41, 5.74) is 2.22. The Labute approximate surface area is 121 Å². The van der Waals surface area contributed by atoms with E-state index in [9.17, 15) is 16.8 Å². The lowest BCUT2D eigenvalue weighted by Crippen LogP contribution is -2.35. The van der Waals surface area contributed by atoms with E-state index in [4.69, 9.17) is 17.4 Å². The molecule has 0 aromatic carbocycles. The quantitative estimate of drug-likeness (QED) is 0.496. The van der Waals surface area contributed by atoms with Crippen LogP contribution < -0.4 is 16.0 Å². The van der Waals surface area contributed by atoms with Crippen molar-refractivity contribution >= 4 is 37.3 Å². The van der Waals surface area contributed by atoms with Crippen LogP contribution in [0.15, 0.2) is 17.2 Å². The van der Waals surface area contributed by atoms with Crippen molar-refractivity contribution in [2.24, 2.45) is 5.84 Å². The van der Waals surface area contributed by atoms with Crippen molar-refractivity contribution < 1.29 is 16.8 Å². The van der Waals surface area contributed by atoms with Crippen molar-refractivity contribution in [3.8, 4) is 0 Å². The summed E-state index contributed by atoms with van der Waals surface area (Å²) in [6.45, 7) is 0. The van der Waals surface area contributed by atoms with Gasteiger partial charge in [0, 0.05) is 12.2 Å². The number of halogens is 1. The van der Waals surface area contributed by atoms with E-state index in [1.54, 1.807) is 0 Å². The first kappa shape index (κ1) is 15.4. The molecule has 1 aliphatic heterocycles. The summed E-state index contributed by atoms with van der Waals surface area (Å²) in [4.78, 5) is 3.61. The molecule has 1 saturated heterocycles. The third-order valence-corrected chi connectivity index (χ3v) is 6.36. The average molecular weight is 341 g/mol. The molecule has 8 nitrogen and oxygen atoms in total. The van der Waals surface area contributed by atoms with Crippen molar-refractivity contribution in [3.05, 3.63) is 17.3 Å². The molecule has 1 aliphatic rings.